The van der Waals surface area contributed by atoms with Crippen LogP contribution in [0.4, 0.5) is 0 Å². The highest BCUT2D eigenvalue weighted by atomic mass is 16.5. The predicted octanol–water partition coefficient (Wildman–Crippen LogP) is 0.851. The van der Waals surface area contributed by atoms with Crippen LogP contribution in [0.2, 0.25) is 0 Å². The molecule has 5 nitrogen and oxygen atoms in total. The molecule has 0 unspecified atom stereocenters. The van der Waals surface area contributed by atoms with Gasteiger partial charge >= 0.3 is 0 Å². The molecule has 5 heteroatoms. The SMILES string of the molecule is COCC1(C(=O)NCCN2CCC(C)CC2)CCNCC1. The number of nitrogens with one attached hydrogen (secondary N) is 2. The van der Waals surface area contributed by atoms with E-state index < -0.39 is 0 Å². The Labute approximate surface area is 128 Å². The Bertz CT molecular complexity index is 316. The summed E-state index contributed by atoms with van der Waals surface area (Å²) in [6.07, 6.45) is 4.31. The number of carbonyl (C=O) groups excluding carboxylic acids is 1. The summed E-state index contributed by atoms with van der Waals surface area (Å²) in [7, 11) is 1.69. The number of ether oxygens (including phenoxy) is 1. The first-order valence-corrected chi connectivity index (χ1v) is 8.36. The molecule has 0 radical (unpaired) electrons. The normalized spacial score (nSPS) is 23.9. The molecule has 2 N–H and O–H groups in total. The van der Waals surface area contributed by atoms with Gasteiger partial charge in [0.05, 0.1) is 12.0 Å². The lowest BCUT2D eigenvalue weighted by molar-refractivity contribution is -0.136. The highest BCUT2D eigenvalue weighted by Gasteiger charge is 2.39. The molecule has 2 aliphatic heterocycles. The van der Waals surface area contributed by atoms with Gasteiger partial charge in [0.2, 0.25) is 5.91 Å². The van der Waals surface area contributed by atoms with E-state index in [-0.39, 0.29) is 11.3 Å². The molecule has 21 heavy (non-hydrogen) atoms. The number of hydrogen-bond donors (Lipinski definition) is 2. The fourth-order valence-corrected chi connectivity index (χ4v) is 3.42. The predicted molar refractivity (Wildman–Crippen MR) is 84.3 cm³/mol. The van der Waals surface area contributed by atoms with E-state index in [4.69, 9.17) is 4.74 Å². The van der Waals surface area contributed by atoms with Crippen LogP contribution in [0.3, 0.4) is 0 Å². The molecule has 2 saturated heterocycles. The zero-order valence-corrected chi connectivity index (χ0v) is 13.6. The summed E-state index contributed by atoms with van der Waals surface area (Å²) in [5.74, 6) is 1.03. The van der Waals surface area contributed by atoms with Gasteiger partial charge in [0.1, 0.15) is 0 Å². The average Bonchev–Trinajstić information content (AvgIpc) is 2.50. The minimum absolute atomic E-state index is 0.177. The van der Waals surface area contributed by atoms with Crippen molar-refractivity contribution in [1.29, 1.82) is 0 Å². The van der Waals surface area contributed by atoms with Crippen molar-refractivity contribution in [2.75, 3.05) is 53.0 Å². The van der Waals surface area contributed by atoms with Gasteiger partial charge in [-0.15, -0.1) is 0 Å². The molecule has 0 aromatic heterocycles. The van der Waals surface area contributed by atoms with Crippen LogP contribution in [-0.4, -0.2) is 63.8 Å². The van der Waals surface area contributed by atoms with Crippen LogP contribution in [-0.2, 0) is 9.53 Å². The van der Waals surface area contributed by atoms with E-state index in [1.807, 2.05) is 0 Å². The third-order valence-corrected chi connectivity index (χ3v) is 5.05. The van der Waals surface area contributed by atoms with Crippen LogP contribution in [0.1, 0.15) is 32.6 Å². The third-order valence-electron chi connectivity index (χ3n) is 5.05. The molecule has 1 amide bonds. The summed E-state index contributed by atoms with van der Waals surface area (Å²) < 4.78 is 5.31. The van der Waals surface area contributed by atoms with Gasteiger partial charge in [0.25, 0.3) is 0 Å². The number of amides is 1. The number of piperidine rings is 2. The van der Waals surface area contributed by atoms with Crippen LogP contribution >= 0.6 is 0 Å². The molecule has 122 valence electrons. The Morgan fingerprint density at radius 2 is 2.00 bits per heavy atom. The van der Waals surface area contributed by atoms with Crippen LogP contribution in [0.15, 0.2) is 0 Å². The van der Waals surface area contributed by atoms with Gasteiger partial charge in [0.15, 0.2) is 0 Å². The quantitative estimate of drug-likeness (QED) is 0.763. The number of carbonyl (C=O) groups is 1. The lowest BCUT2D eigenvalue weighted by atomic mass is 9.78. The van der Waals surface area contributed by atoms with Crippen LogP contribution in [0, 0.1) is 11.3 Å². The van der Waals surface area contributed by atoms with Crippen molar-refractivity contribution in [3.8, 4) is 0 Å². The van der Waals surface area contributed by atoms with Crippen molar-refractivity contribution in [1.82, 2.24) is 15.5 Å². The monoisotopic (exact) mass is 297 g/mol. The van der Waals surface area contributed by atoms with E-state index in [1.54, 1.807) is 7.11 Å². The molecule has 0 aliphatic carbocycles. The van der Waals surface area contributed by atoms with Gasteiger partial charge < -0.3 is 20.3 Å². The highest BCUT2D eigenvalue weighted by molar-refractivity contribution is 5.83. The maximum atomic E-state index is 12.6. The van der Waals surface area contributed by atoms with Crippen molar-refractivity contribution in [2.24, 2.45) is 11.3 Å². The first-order chi connectivity index (χ1) is 10.2. The first-order valence-electron chi connectivity index (χ1n) is 8.36. The highest BCUT2D eigenvalue weighted by Crippen LogP contribution is 2.29. The zero-order valence-electron chi connectivity index (χ0n) is 13.6. The summed E-state index contributed by atoms with van der Waals surface area (Å²) in [4.78, 5) is 15.0. The smallest absolute Gasteiger partial charge is 0.228 e. The minimum Gasteiger partial charge on any atom is -0.384 e. The molecule has 0 atom stereocenters. The Morgan fingerprint density at radius 1 is 1.33 bits per heavy atom. The largest absolute Gasteiger partial charge is 0.384 e. The number of nitrogens with zero attached hydrogens (tertiary/aromatic N) is 1. The fraction of sp³-hybridized carbons (Fsp3) is 0.938. The standard InChI is InChI=1S/C16H31N3O2/c1-14-3-10-19(11-4-14)12-9-18-15(20)16(13-21-2)5-7-17-8-6-16/h14,17H,3-13H2,1-2H3,(H,18,20). The molecule has 0 bridgehead atoms. The van der Waals surface area contributed by atoms with Crippen molar-refractivity contribution in [3.63, 3.8) is 0 Å². The Morgan fingerprint density at radius 3 is 2.62 bits per heavy atom. The maximum absolute atomic E-state index is 12.6. The molecule has 0 saturated carbocycles. The lowest BCUT2D eigenvalue weighted by Crippen LogP contribution is -2.51. The number of hydrogen-bond acceptors (Lipinski definition) is 4. The zero-order chi connectivity index (χ0) is 15.1. The van der Waals surface area contributed by atoms with E-state index in [9.17, 15) is 4.79 Å². The Balaban J connectivity index is 1.74. The van der Waals surface area contributed by atoms with Gasteiger partial charge in [-0.25, -0.2) is 0 Å². The number of rotatable bonds is 6. The molecule has 0 aromatic carbocycles. The molecular weight excluding hydrogens is 266 g/mol. The molecular formula is C16H31N3O2. The third kappa shape index (κ3) is 4.66. The Kier molecular flexibility index (Phi) is 6.45. The summed E-state index contributed by atoms with van der Waals surface area (Å²) in [6, 6.07) is 0. The molecule has 2 fully saturated rings. The maximum Gasteiger partial charge on any atom is 0.228 e. The first kappa shape index (κ1) is 16.7. The second-order valence-corrected chi connectivity index (χ2v) is 6.74. The second-order valence-electron chi connectivity index (χ2n) is 6.74. The second kappa shape index (κ2) is 8.11. The summed E-state index contributed by atoms with van der Waals surface area (Å²) in [6.45, 7) is 8.73. The van der Waals surface area contributed by atoms with Crippen LogP contribution in [0.5, 0.6) is 0 Å². The van der Waals surface area contributed by atoms with Gasteiger partial charge in [-0.05, 0) is 57.8 Å². The van der Waals surface area contributed by atoms with Gasteiger partial charge in [0, 0.05) is 20.2 Å². The van der Waals surface area contributed by atoms with E-state index >= 15 is 0 Å². The molecule has 0 spiro atoms. The van der Waals surface area contributed by atoms with Crippen molar-refractivity contribution in [3.05, 3.63) is 0 Å². The van der Waals surface area contributed by atoms with Crippen LogP contribution in [0.25, 0.3) is 0 Å². The summed E-state index contributed by atoms with van der Waals surface area (Å²) >= 11 is 0. The minimum atomic E-state index is -0.323. The molecule has 0 aromatic rings. The van der Waals surface area contributed by atoms with E-state index in [0.717, 1.165) is 44.9 Å². The number of methoxy groups -OCH3 is 1. The van der Waals surface area contributed by atoms with E-state index in [0.29, 0.717) is 6.61 Å². The van der Waals surface area contributed by atoms with Crippen molar-refractivity contribution in [2.45, 2.75) is 32.6 Å². The lowest BCUT2D eigenvalue weighted by Gasteiger charge is -2.36. The van der Waals surface area contributed by atoms with Gasteiger partial charge in [-0.2, -0.15) is 0 Å². The van der Waals surface area contributed by atoms with Gasteiger partial charge in [-0.3, -0.25) is 4.79 Å². The topological polar surface area (TPSA) is 53.6 Å². The summed E-state index contributed by atoms with van der Waals surface area (Å²) in [5, 5.41) is 6.47. The molecule has 2 aliphatic rings. The molecule has 2 heterocycles. The number of likely N-dealkylation sites (tertiary alicyclic amines) is 1. The Hall–Kier alpha value is -0.650. The van der Waals surface area contributed by atoms with Crippen molar-refractivity contribution < 1.29 is 9.53 Å². The van der Waals surface area contributed by atoms with Crippen LogP contribution < -0.4 is 10.6 Å². The van der Waals surface area contributed by atoms with Gasteiger partial charge in [-0.1, -0.05) is 6.92 Å². The average molecular weight is 297 g/mol. The molecule has 2 rings (SSSR count). The summed E-state index contributed by atoms with van der Waals surface area (Å²) in [5.41, 5.74) is -0.323. The van der Waals surface area contributed by atoms with Crippen molar-refractivity contribution >= 4 is 5.91 Å². The van der Waals surface area contributed by atoms with E-state index in [2.05, 4.69) is 22.5 Å². The fourth-order valence-electron chi connectivity index (χ4n) is 3.42. The van der Waals surface area contributed by atoms with E-state index in [1.165, 1.54) is 25.9 Å².